The lowest BCUT2D eigenvalue weighted by Crippen LogP contribution is -2.49. The third kappa shape index (κ3) is 3.62. The first-order chi connectivity index (χ1) is 12.6. The number of nitrogens with one attached hydrogen (secondary N) is 1. The summed E-state index contributed by atoms with van der Waals surface area (Å²) in [5, 5.41) is 3.20. The van der Waals surface area contributed by atoms with E-state index in [9.17, 15) is 4.79 Å². The molecule has 0 radical (unpaired) electrons. The maximum atomic E-state index is 12.7. The highest BCUT2D eigenvalue weighted by Gasteiger charge is 2.43. The lowest BCUT2D eigenvalue weighted by molar-refractivity contribution is -0.127. The Morgan fingerprint density at radius 2 is 1.69 bits per heavy atom. The van der Waals surface area contributed by atoms with E-state index in [0.29, 0.717) is 24.7 Å². The molecule has 2 bridgehead atoms. The van der Waals surface area contributed by atoms with Crippen LogP contribution in [0.4, 0.5) is 5.69 Å². The molecule has 3 aliphatic rings. The molecule has 0 saturated carbocycles. The zero-order chi connectivity index (χ0) is 18.1. The van der Waals surface area contributed by atoms with Gasteiger partial charge in [0.2, 0.25) is 5.91 Å². The topological polar surface area (TPSA) is 35.6 Å². The van der Waals surface area contributed by atoms with E-state index in [1.165, 1.54) is 50.0 Å². The molecule has 3 fully saturated rings. The zero-order valence-corrected chi connectivity index (χ0v) is 16.3. The Morgan fingerprint density at radius 3 is 2.27 bits per heavy atom. The van der Waals surface area contributed by atoms with Crippen molar-refractivity contribution in [3.63, 3.8) is 0 Å². The summed E-state index contributed by atoms with van der Waals surface area (Å²) >= 11 is 0. The van der Waals surface area contributed by atoms with Crippen LogP contribution in [-0.4, -0.2) is 42.0 Å². The number of amides is 1. The Bertz CT molecular complexity index is 607. The van der Waals surface area contributed by atoms with Crippen molar-refractivity contribution >= 4 is 11.6 Å². The van der Waals surface area contributed by atoms with Crippen molar-refractivity contribution < 1.29 is 4.79 Å². The number of piperidine rings is 1. The predicted octanol–water partition coefficient (Wildman–Crippen LogP) is 3.55. The summed E-state index contributed by atoms with van der Waals surface area (Å²) in [6, 6.07) is 10.6. The number of nitrogens with zero attached hydrogens (tertiary/aromatic N) is 2. The van der Waals surface area contributed by atoms with Gasteiger partial charge in [-0.3, -0.25) is 9.69 Å². The maximum absolute atomic E-state index is 12.7. The molecule has 3 saturated heterocycles. The van der Waals surface area contributed by atoms with E-state index >= 15 is 0 Å². The first-order valence-corrected chi connectivity index (χ1v) is 10.5. The Balaban J connectivity index is 1.29. The third-order valence-electron chi connectivity index (χ3n) is 6.63. The van der Waals surface area contributed by atoms with Crippen LogP contribution < -0.4 is 10.2 Å². The molecule has 3 aliphatic heterocycles. The van der Waals surface area contributed by atoms with E-state index < -0.39 is 0 Å². The standard InChI is InChI=1S/C22H33N3O/c1-16(2)25-20-9-10-21(25)14-18(13-20)22(26)23-15-17-5-7-19(8-6-17)24-11-3-4-12-24/h5-8,16,18,20-21H,3-4,9-15H2,1-2H3,(H,23,26). The van der Waals surface area contributed by atoms with Gasteiger partial charge in [-0.15, -0.1) is 0 Å². The van der Waals surface area contributed by atoms with Gasteiger partial charge in [0.05, 0.1) is 0 Å². The number of anilines is 1. The fraction of sp³-hybridized carbons (Fsp3) is 0.682. The SMILES string of the molecule is CC(C)N1C2CCC1CC(C(=O)NCc1ccc(N3CCCC3)cc1)C2. The minimum absolute atomic E-state index is 0.200. The second-order valence-electron chi connectivity index (χ2n) is 8.67. The number of rotatable bonds is 5. The minimum atomic E-state index is 0.200. The lowest BCUT2D eigenvalue weighted by atomic mass is 9.89. The van der Waals surface area contributed by atoms with Gasteiger partial charge in [0.15, 0.2) is 0 Å². The molecule has 26 heavy (non-hydrogen) atoms. The molecule has 4 heteroatoms. The normalized spacial score (nSPS) is 28.7. The van der Waals surface area contributed by atoms with E-state index in [1.807, 2.05) is 0 Å². The van der Waals surface area contributed by atoms with Gasteiger partial charge in [0.25, 0.3) is 0 Å². The quantitative estimate of drug-likeness (QED) is 0.877. The summed E-state index contributed by atoms with van der Waals surface area (Å²) in [4.78, 5) is 17.8. The molecule has 0 aromatic heterocycles. The summed E-state index contributed by atoms with van der Waals surface area (Å²) in [6.07, 6.45) is 7.21. The molecule has 2 atom stereocenters. The van der Waals surface area contributed by atoms with Crippen molar-refractivity contribution in [3.05, 3.63) is 29.8 Å². The van der Waals surface area contributed by atoms with E-state index in [0.717, 1.165) is 12.8 Å². The van der Waals surface area contributed by atoms with Crippen molar-refractivity contribution in [2.45, 2.75) is 77.0 Å². The summed E-state index contributed by atoms with van der Waals surface area (Å²) in [7, 11) is 0. The summed E-state index contributed by atoms with van der Waals surface area (Å²) in [5.41, 5.74) is 2.51. The van der Waals surface area contributed by atoms with Crippen LogP contribution in [0, 0.1) is 5.92 Å². The second-order valence-corrected chi connectivity index (χ2v) is 8.67. The van der Waals surface area contributed by atoms with Gasteiger partial charge in [-0.25, -0.2) is 0 Å². The van der Waals surface area contributed by atoms with Crippen LogP contribution in [0.2, 0.25) is 0 Å². The highest BCUT2D eigenvalue weighted by atomic mass is 16.1. The minimum Gasteiger partial charge on any atom is -0.372 e. The fourth-order valence-electron chi connectivity index (χ4n) is 5.40. The van der Waals surface area contributed by atoms with Crippen LogP contribution in [0.5, 0.6) is 0 Å². The predicted molar refractivity (Wildman–Crippen MR) is 106 cm³/mol. The number of carbonyl (C=O) groups excluding carboxylic acids is 1. The van der Waals surface area contributed by atoms with Crippen LogP contribution in [0.1, 0.15) is 57.9 Å². The molecule has 1 aromatic rings. The Hall–Kier alpha value is -1.55. The second kappa shape index (κ2) is 7.59. The highest BCUT2D eigenvalue weighted by Crippen LogP contribution is 2.39. The summed E-state index contributed by atoms with van der Waals surface area (Å²) in [6.45, 7) is 7.58. The van der Waals surface area contributed by atoms with Gasteiger partial charge in [0, 0.05) is 49.4 Å². The van der Waals surface area contributed by atoms with E-state index in [2.05, 4.69) is 53.2 Å². The van der Waals surface area contributed by atoms with Crippen molar-refractivity contribution in [2.24, 2.45) is 5.92 Å². The van der Waals surface area contributed by atoms with Gasteiger partial charge in [-0.05, 0) is 70.1 Å². The monoisotopic (exact) mass is 355 g/mol. The molecule has 4 nitrogen and oxygen atoms in total. The van der Waals surface area contributed by atoms with Gasteiger partial charge >= 0.3 is 0 Å². The van der Waals surface area contributed by atoms with Gasteiger partial charge in [0.1, 0.15) is 0 Å². The molecule has 0 spiro atoms. The van der Waals surface area contributed by atoms with E-state index in [4.69, 9.17) is 0 Å². The van der Waals surface area contributed by atoms with Crippen LogP contribution in [-0.2, 0) is 11.3 Å². The molecular formula is C22H33N3O. The smallest absolute Gasteiger partial charge is 0.223 e. The number of carbonyl (C=O) groups is 1. The van der Waals surface area contributed by atoms with Crippen LogP contribution in [0.15, 0.2) is 24.3 Å². The molecule has 3 heterocycles. The van der Waals surface area contributed by atoms with Crippen LogP contribution in [0.3, 0.4) is 0 Å². The molecule has 0 aliphatic carbocycles. The Labute approximate surface area is 157 Å². The van der Waals surface area contributed by atoms with Crippen LogP contribution >= 0.6 is 0 Å². The molecule has 142 valence electrons. The first kappa shape index (κ1) is 17.8. The molecule has 1 amide bonds. The molecule has 2 unspecified atom stereocenters. The van der Waals surface area contributed by atoms with Crippen molar-refractivity contribution in [1.82, 2.24) is 10.2 Å². The summed E-state index contributed by atoms with van der Waals surface area (Å²) in [5.74, 6) is 0.459. The van der Waals surface area contributed by atoms with Crippen molar-refractivity contribution in [1.29, 1.82) is 0 Å². The van der Waals surface area contributed by atoms with E-state index in [-0.39, 0.29) is 11.8 Å². The largest absolute Gasteiger partial charge is 0.372 e. The zero-order valence-electron chi connectivity index (χ0n) is 16.3. The van der Waals surface area contributed by atoms with Gasteiger partial charge in [-0.1, -0.05) is 12.1 Å². The van der Waals surface area contributed by atoms with E-state index in [1.54, 1.807) is 0 Å². The Morgan fingerprint density at radius 1 is 1.08 bits per heavy atom. The average Bonchev–Trinajstić information content (AvgIpc) is 3.27. The van der Waals surface area contributed by atoms with Gasteiger partial charge in [-0.2, -0.15) is 0 Å². The molecule has 1 aromatic carbocycles. The van der Waals surface area contributed by atoms with Crippen molar-refractivity contribution in [2.75, 3.05) is 18.0 Å². The fourth-order valence-corrected chi connectivity index (χ4v) is 5.40. The van der Waals surface area contributed by atoms with Crippen molar-refractivity contribution in [3.8, 4) is 0 Å². The number of fused-ring (bicyclic) bond motifs is 2. The Kier molecular flexibility index (Phi) is 5.21. The first-order valence-electron chi connectivity index (χ1n) is 10.5. The number of hydrogen-bond donors (Lipinski definition) is 1. The molecule has 4 rings (SSSR count). The average molecular weight is 356 g/mol. The molecule has 1 N–H and O–H groups in total. The highest BCUT2D eigenvalue weighted by molar-refractivity contribution is 5.79. The van der Waals surface area contributed by atoms with Gasteiger partial charge < -0.3 is 10.2 Å². The molecular weight excluding hydrogens is 322 g/mol. The maximum Gasteiger partial charge on any atom is 0.223 e. The third-order valence-corrected chi connectivity index (χ3v) is 6.63. The lowest BCUT2D eigenvalue weighted by Gasteiger charge is -2.41. The number of hydrogen-bond acceptors (Lipinski definition) is 3. The number of benzene rings is 1. The summed E-state index contributed by atoms with van der Waals surface area (Å²) < 4.78 is 0. The van der Waals surface area contributed by atoms with Crippen LogP contribution in [0.25, 0.3) is 0 Å².